The molecule has 0 aromatic rings. The summed E-state index contributed by atoms with van der Waals surface area (Å²) in [4.78, 5) is 11.1. The van der Waals surface area contributed by atoms with E-state index >= 15 is 0 Å². The van der Waals surface area contributed by atoms with Crippen LogP contribution in [0.4, 0.5) is 4.39 Å². The van der Waals surface area contributed by atoms with Crippen LogP contribution < -0.4 is 0 Å². The summed E-state index contributed by atoms with van der Waals surface area (Å²) in [7, 11) is 0.996. The topological polar surface area (TPSA) is 70.3 Å². The summed E-state index contributed by atoms with van der Waals surface area (Å²) in [5, 5.41) is 18.2. The summed E-state index contributed by atoms with van der Waals surface area (Å²) in [6.07, 6.45) is -0.272. The van der Waals surface area contributed by atoms with Gasteiger partial charge in [-0.15, -0.1) is 0 Å². The van der Waals surface area contributed by atoms with Gasteiger partial charge in [0.05, 0.1) is 7.11 Å². The Labute approximate surface area is 82.3 Å². The van der Waals surface area contributed by atoms with Crippen LogP contribution in [0.3, 0.4) is 0 Å². The Kier molecular flexibility index (Phi) is 4.02. The van der Waals surface area contributed by atoms with Gasteiger partial charge in [0, 0.05) is 0 Å². The maximum Gasteiger partial charge on any atom is 0.356 e. The lowest BCUT2D eigenvalue weighted by molar-refractivity contribution is -0.172. The number of aliphatic hydroxyl groups is 1. The number of hydrogen-bond donors (Lipinski definition) is 1. The second kappa shape index (κ2) is 4.38. The lowest BCUT2D eigenvalue weighted by atomic mass is 9.81. The van der Waals surface area contributed by atoms with E-state index in [2.05, 4.69) is 4.74 Å². The number of carbonyl (C=O) groups excluding carboxylic acids is 1. The van der Waals surface area contributed by atoms with Gasteiger partial charge < -0.3 is 9.84 Å². The van der Waals surface area contributed by atoms with Crippen molar-refractivity contribution >= 4 is 5.97 Å². The van der Waals surface area contributed by atoms with Crippen molar-refractivity contribution in [2.45, 2.75) is 38.0 Å². The highest BCUT2D eigenvalue weighted by Crippen LogP contribution is 2.34. The minimum Gasteiger partial charge on any atom is -0.466 e. The first-order valence-electron chi connectivity index (χ1n) is 4.32. The van der Waals surface area contributed by atoms with Gasteiger partial charge in [-0.05, 0) is 12.8 Å². The number of ether oxygens (including phenoxy) is 1. The maximum absolute atomic E-state index is 14.0. The Morgan fingerprint density at radius 1 is 1.57 bits per heavy atom. The fourth-order valence-electron chi connectivity index (χ4n) is 1.24. The number of rotatable bonds is 4. The number of nitrogens with zero attached hydrogens (tertiary/aromatic N) is 1. The summed E-state index contributed by atoms with van der Waals surface area (Å²) in [6, 6.07) is 1.28. The quantitative estimate of drug-likeness (QED) is 0.545. The van der Waals surface area contributed by atoms with E-state index < -0.39 is 17.2 Å². The zero-order valence-electron chi connectivity index (χ0n) is 8.50. The smallest absolute Gasteiger partial charge is 0.356 e. The van der Waals surface area contributed by atoms with Gasteiger partial charge in [0.15, 0.2) is 5.67 Å². The normalized spacial score (nSPS) is 15.4. The van der Waals surface area contributed by atoms with Crippen molar-refractivity contribution < 1.29 is 19.0 Å². The SMILES string of the molecule is CCC(F)(CC)C(O)(C#N)C(=O)OC. The van der Waals surface area contributed by atoms with Gasteiger partial charge in [0.1, 0.15) is 6.07 Å². The predicted molar refractivity (Wildman–Crippen MR) is 47.0 cm³/mol. The first-order chi connectivity index (χ1) is 6.41. The van der Waals surface area contributed by atoms with Crippen LogP contribution in [0.1, 0.15) is 26.7 Å². The van der Waals surface area contributed by atoms with E-state index in [0.717, 1.165) is 7.11 Å². The molecule has 0 aromatic heterocycles. The molecule has 0 spiro atoms. The molecule has 0 amide bonds. The molecule has 0 aliphatic carbocycles. The molecule has 0 rings (SSSR count). The van der Waals surface area contributed by atoms with Crippen molar-refractivity contribution in [3.63, 3.8) is 0 Å². The van der Waals surface area contributed by atoms with Gasteiger partial charge in [0.25, 0.3) is 5.60 Å². The van der Waals surface area contributed by atoms with Crippen LogP contribution in [0, 0.1) is 11.3 Å². The molecule has 0 aromatic carbocycles. The highest BCUT2D eigenvalue weighted by molar-refractivity contribution is 5.84. The number of esters is 1. The minimum atomic E-state index is -2.72. The van der Waals surface area contributed by atoms with Crippen LogP contribution in [0.2, 0.25) is 0 Å². The molecule has 1 atom stereocenters. The number of alkyl halides is 1. The maximum atomic E-state index is 14.0. The molecule has 0 bridgehead atoms. The van der Waals surface area contributed by atoms with Crippen molar-refractivity contribution in [2.75, 3.05) is 7.11 Å². The molecule has 0 radical (unpaired) electrons. The largest absolute Gasteiger partial charge is 0.466 e. The number of halogens is 1. The summed E-state index contributed by atoms with van der Waals surface area (Å²) in [5.74, 6) is -1.26. The molecule has 1 N–H and O–H groups in total. The van der Waals surface area contributed by atoms with E-state index in [4.69, 9.17) is 5.26 Å². The molecule has 5 heteroatoms. The van der Waals surface area contributed by atoms with Crippen molar-refractivity contribution in [1.82, 2.24) is 0 Å². The Hall–Kier alpha value is -1.15. The third-order valence-electron chi connectivity index (χ3n) is 2.41. The van der Waals surface area contributed by atoms with Gasteiger partial charge in [-0.2, -0.15) is 5.26 Å². The highest BCUT2D eigenvalue weighted by Gasteiger charge is 2.56. The molecule has 0 saturated heterocycles. The second-order valence-corrected chi connectivity index (χ2v) is 2.99. The monoisotopic (exact) mass is 203 g/mol. The molecule has 0 aliphatic rings. The molecule has 0 aliphatic heterocycles. The number of carbonyl (C=O) groups is 1. The average molecular weight is 203 g/mol. The van der Waals surface area contributed by atoms with Crippen LogP contribution in [0.15, 0.2) is 0 Å². The van der Waals surface area contributed by atoms with Crippen molar-refractivity contribution in [2.24, 2.45) is 0 Å². The molecule has 0 fully saturated rings. The molecular formula is C9H14FNO3. The second-order valence-electron chi connectivity index (χ2n) is 2.99. The van der Waals surface area contributed by atoms with Gasteiger partial charge in [-0.1, -0.05) is 13.8 Å². The van der Waals surface area contributed by atoms with Gasteiger partial charge >= 0.3 is 5.97 Å². The van der Waals surface area contributed by atoms with Crippen LogP contribution in [-0.2, 0) is 9.53 Å². The summed E-state index contributed by atoms with van der Waals surface area (Å²) >= 11 is 0. The lowest BCUT2D eigenvalue weighted by Gasteiger charge is -2.32. The molecule has 0 heterocycles. The van der Waals surface area contributed by atoms with Crippen molar-refractivity contribution in [1.29, 1.82) is 5.26 Å². The number of methoxy groups -OCH3 is 1. The van der Waals surface area contributed by atoms with Crippen LogP contribution in [0.25, 0.3) is 0 Å². The molecule has 14 heavy (non-hydrogen) atoms. The molecule has 1 unspecified atom stereocenters. The summed E-state index contributed by atoms with van der Waals surface area (Å²) in [6.45, 7) is 2.91. The standard InChI is InChI=1S/C9H14FNO3/c1-4-8(10,5-2)9(13,6-11)7(12)14-3/h13H,4-5H2,1-3H3. The summed E-state index contributed by atoms with van der Waals surface area (Å²) < 4.78 is 18.2. The number of hydrogen-bond acceptors (Lipinski definition) is 4. The van der Waals surface area contributed by atoms with E-state index in [0.29, 0.717) is 0 Å². The Morgan fingerprint density at radius 3 is 2.21 bits per heavy atom. The fourth-order valence-corrected chi connectivity index (χ4v) is 1.24. The zero-order chi connectivity index (χ0) is 11.4. The predicted octanol–water partition coefficient (Wildman–Crippen LogP) is 0.942. The molecule has 80 valence electrons. The molecular weight excluding hydrogens is 189 g/mol. The van der Waals surface area contributed by atoms with E-state index in [1.807, 2.05) is 0 Å². The molecule has 0 saturated carbocycles. The van der Waals surface area contributed by atoms with Crippen molar-refractivity contribution in [3.05, 3.63) is 0 Å². The van der Waals surface area contributed by atoms with Crippen LogP contribution >= 0.6 is 0 Å². The van der Waals surface area contributed by atoms with E-state index in [9.17, 15) is 14.3 Å². The first kappa shape index (κ1) is 12.8. The Balaban J connectivity index is 5.24. The minimum absolute atomic E-state index is 0.136. The average Bonchev–Trinajstić information content (AvgIpc) is 2.25. The van der Waals surface area contributed by atoms with Gasteiger partial charge in [0.2, 0.25) is 0 Å². The third kappa shape index (κ3) is 1.70. The van der Waals surface area contributed by atoms with Crippen molar-refractivity contribution in [3.8, 4) is 6.07 Å². The summed E-state index contributed by atoms with van der Waals surface area (Å²) in [5.41, 5.74) is -4.99. The van der Waals surface area contributed by atoms with E-state index in [1.165, 1.54) is 19.9 Å². The first-order valence-corrected chi connectivity index (χ1v) is 4.32. The van der Waals surface area contributed by atoms with E-state index in [-0.39, 0.29) is 12.8 Å². The Bertz CT molecular complexity index is 257. The van der Waals surface area contributed by atoms with Crippen LogP contribution in [-0.4, -0.2) is 29.5 Å². The van der Waals surface area contributed by atoms with Crippen LogP contribution in [0.5, 0.6) is 0 Å². The number of nitriles is 1. The lowest BCUT2D eigenvalue weighted by Crippen LogP contribution is -2.55. The fraction of sp³-hybridized carbons (Fsp3) is 0.778. The van der Waals surface area contributed by atoms with Gasteiger partial charge in [-0.25, -0.2) is 9.18 Å². The van der Waals surface area contributed by atoms with Gasteiger partial charge in [-0.3, -0.25) is 0 Å². The van der Waals surface area contributed by atoms with E-state index in [1.54, 1.807) is 0 Å². The highest BCUT2D eigenvalue weighted by atomic mass is 19.1. The molecule has 4 nitrogen and oxygen atoms in total. The third-order valence-corrected chi connectivity index (χ3v) is 2.41. The zero-order valence-corrected chi connectivity index (χ0v) is 8.50. The Morgan fingerprint density at radius 2 is 2.00 bits per heavy atom.